The summed E-state index contributed by atoms with van der Waals surface area (Å²) >= 11 is 0. The summed E-state index contributed by atoms with van der Waals surface area (Å²) in [4.78, 5) is 17.3. The molecule has 0 aliphatic carbocycles. The quantitative estimate of drug-likeness (QED) is 0.409. The smallest absolute Gasteiger partial charge is 0.243 e. The molecule has 136 valence electrons. The number of aliphatic imine (C=N–C) groups is 1. The van der Waals surface area contributed by atoms with Crippen LogP contribution in [-0.4, -0.2) is 43.4 Å². The summed E-state index contributed by atoms with van der Waals surface area (Å²) in [5.74, 6) is -0.996. The van der Waals surface area contributed by atoms with E-state index in [0.717, 1.165) is 6.07 Å². The topological polar surface area (TPSA) is 56.7 Å². The first-order valence-electron chi connectivity index (χ1n) is 7.43. The Bertz CT molecular complexity index is 579. The second-order valence-corrected chi connectivity index (χ2v) is 5.78. The summed E-state index contributed by atoms with van der Waals surface area (Å²) in [7, 11) is 3.30. The van der Waals surface area contributed by atoms with Crippen molar-refractivity contribution in [2.75, 3.05) is 20.6 Å². The van der Waals surface area contributed by atoms with Gasteiger partial charge in [-0.15, -0.1) is 24.0 Å². The van der Waals surface area contributed by atoms with Gasteiger partial charge in [-0.3, -0.25) is 4.79 Å². The maximum absolute atomic E-state index is 13.8. The predicted octanol–water partition coefficient (Wildman–Crippen LogP) is 2.68. The molecule has 24 heavy (non-hydrogen) atoms. The second kappa shape index (κ2) is 10.4. The lowest BCUT2D eigenvalue weighted by Crippen LogP contribution is -2.43. The fourth-order valence-electron chi connectivity index (χ4n) is 1.83. The first-order chi connectivity index (χ1) is 10.7. The van der Waals surface area contributed by atoms with Crippen LogP contribution < -0.4 is 10.6 Å². The number of guanidine groups is 1. The van der Waals surface area contributed by atoms with Gasteiger partial charge in [0.1, 0.15) is 18.2 Å². The Morgan fingerprint density at radius 3 is 2.33 bits per heavy atom. The van der Waals surface area contributed by atoms with Crippen molar-refractivity contribution in [2.24, 2.45) is 4.99 Å². The molecule has 1 aromatic rings. The molecule has 5 nitrogen and oxygen atoms in total. The van der Waals surface area contributed by atoms with Gasteiger partial charge in [0, 0.05) is 31.8 Å². The monoisotopic (exact) mass is 454 g/mol. The number of carbonyl (C=O) groups is 1. The lowest BCUT2D eigenvalue weighted by Gasteiger charge is -2.21. The molecule has 0 aliphatic heterocycles. The van der Waals surface area contributed by atoms with Crippen molar-refractivity contribution in [3.05, 3.63) is 35.4 Å². The summed E-state index contributed by atoms with van der Waals surface area (Å²) in [6.45, 7) is 5.57. The van der Waals surface area contributed by atoms with Gasteiger partial charge in [-0.25, -0.2) is 13.8 Å². The van der Waals surface area contributed by atoms with Gasteiger partial charge in [0.05, 0.1) is 6.04 Å². The molecule has 0 heterocycles. The van der Waals surface area contributed by atoms with Gasteiger partial charge in [0.2, 0.25) is 5.91 Å². The van der Waals surface area contributed by atoms with Crippen molar-refractivity contribution < 1.29 is 13.6 Å². The van der Waals surface area contributed by atoms with Crippen LogP contribution in [0.1, 0.15) is 32.4 Å². The summed E-state index contributed by atoms with van der Waals surface area (Å²) in [5, 5.41) is 6.10. The third-order valence-electron chi connectivity index (χ3n) is 3.08. The van der Waals surface area contributed by atoms with E-state index in [0.29, 0.717) is 11.5 Å². The van der Waals surface area contributed by atoms with Gasteiger partial charge in [0.15, 0.2) is 5.96 Å². The van der Waals surface area contributed by atoms with Gasteiger partial charge in [-0.1, -0.05) is 6.07 Å². The van der Waals surface area contributed by atoms with Crippen LogP contribution in [0, 0.1) is 11.6 Å². The highest BCUT2D eigenvalue weighted by Gasteiger charge is 2.14. The third-order valence-corrected chi connectivity index (χ3v) is 3.08. The van der Waals surface area contributed by atoms with E-state index >= 15 is 0 Å². The average Bonchev–Trinajstić information content (AvgIpc) is 2.43. The van der Waals surface area contributed by atoms with Crippen molar-refractivity contribution >= 4 is 35.8 Å². The Morgan fingerprint density at radius 1 is 1.21 bits per heavy atom. The number of nitrogens with zero attached hydrogens (tertiary/aromatic N) is 2. The van der Waals surface area contributed by atoms with Crippen LogP contribution in [0.2, 0.25) is 0 Å². The van der Waals surface area contributed by atoms with E-state index in [1.165, 1.54) is 17.0 Å². The number of rotatable bonds is 5. The highest BCUT2D eigenvalue weighted by molar-refractivity contribution is 14.0. The number of amides is 1. The number of carbonyl (C=O) groups excluding carboxylic acids is 1. The van der Waals surface area contributed by atoms with E-state index in [2.05, 4.69) is 15.6 Å². The maximum atomic E-state index is 13.8. The van der Waals surface area contributed by atoms with Crippen LogP contribution in [0.15, 0.2) is 23.2 Å². The molecule has 1 rings (SSSR count). The van der Waals surface area contributed by atoms with Crippen molar-refractivity contribution in [2.45, 2.75) is 32.9 Å². The minimum Gasteiger partial charge on any atom is -0.354 e. The zero-order chi connectivity index (χ0) is 17.6. The SMILES string of the molecule is CC(C)NC(=NCC(=O)N(C)C)N[C@H](C)c1ccc(F)cc1F.I. The van der Waals surface area contributed by atoms with Crippen LogP contribution in [-0.2, 0) is 4.79 Å². The molecule has 0 bridgehead atoms. The maximum Gasteiger partial charge on any atom is 0.243 e. The molecule has 1 atom stereocenters. The highest BCUT2D eigenvalue weighted by Crippen LogP contribution is 2.17. The largest absolute Gasteiger partial charge is 0.354 e. The molecule has 0 fully saturated rings. The molecular weight excluding hydrogens is 429 g/mol. The first kappa shape index (κ1) is 22.6. The summed E-state index contributed by atoms with van der Waals surface area (Å²) in [6, 6.07) is 3.09. The molecule has 0 aliphatic rings. The Balaban J connectivity index is 0.00000529. The van der Waals surface area contributed by atoms with Crippen molar-refractivity contribution in [3.8, 4) is 0 Å². The predicted molar refractivity (Wildman–Crippen MR) is 103 cm³/mol. The van der Waals surface area contributed by atoms with Gasteiger partial charge in [-0.05, 0) is 26.8 Å². The van der Waals surface area contributed by atoms with E-state index in [9.17, 15) is 13.6 Å². The number of benzene rings is 1. The molecule has 1 amide bonds. The van der Waals surface area contributed by atoms with E-state index in [1.807, 2.05) is 13.8 Å². The van der Waals surface area contributed by atoms with Crippen molar-refractivity contribution in [1.29, 1.82) is 0 Å². The van der Waals surface area contributed by atoms with Gasteiger partial charge >= 0.3 is 0 Å². The lowest BCUT2D eigenvalue weighted by molar-refractivity contribution is -0.127. The lowest BCUT2D eigenvalue weighted by atomic mass is 10.1. The molecule has 0 unspecified atom stereocenters. The van der Waals surface area contributed by atoms with E-state index < -0.39 is 17.7 Å². The van der Waals surface area contributed by atoms with Gasteiger partial charge < -0.3 is 15.5 Å². The standard InChI is InChI=1S/C16H24F2N4O.HI/c1-10(2)20-16(19-9-15(23)22(4)5)21-11(3)13-7-6-12(17)8-14(13)18;/h6-8,10-11H,9H2,1-5H3,(H2,19,20,21);1H/t11-;/m1./s1. The van der Waals surface area contributed by atoms with Crippen LogP contribution in [0.25, 0.3) is 0 Å². The average molecular weight is 454 g/mol. The van der Waals surface area contributed by atoms with Crippen LogP contribution in [0.5, 0.6) is 0 Å². The minimum absolute atomic E-state index is 0. The molecule has 0 radical (unpaired) electrons. The molecule has 0 spiro atoms. The number of likely N-dealkylation sites (N-methyl/N-ethyl adjacent to an activating group) is 1. The Morgan fingerprint density at radius 2 is 1.83 bits per heavy atom. The third kappa shape index (κ3) is 7.41. The number of hydrogen-bond acceptors (Lipinski definition) is 2. The molecule has 0 saturated heterocycles. The van der Waals surface area contributed by atoms with Crippen molar-refractivity contribution in [1.82, 2.24) is 15.5 Å². The first-order valence-corrected chi connectivity index (χ1v) is 7.43. The second-order valence-electron chi connectivity index (χ2n) is 5.78. The number of hydrogen-bond donors (Lipinski definition) is 2. The molecule has 0 aromatic heterocycles. The zero-order valence-corrected chi connectivity index (χ0v) is 16.9. The van der Waals surface area contributed by atoms with Crippen LogP contribution >= 0.6 is 24.0 Å². The van der Waals surface area contributed by atoms with Gasteiger partial charge in [-0.2, -0.15) is 0 Å². The normalized spacial score (nSPS) is 12.4. The molecule has 1 aromatic carbocycles. The van der Waals surface area contributed by atoms with Crippen LogP contribution in [0.4, 0.5) is 8.78 Å². The Labute approximate surface area is 158 Å². The summed E-state index contributed by atoms with van der Waals surface area (Å²) in [6.07, 6.45) is 0. The van der Waals surface area contributed by atoms with E-state index in [1.54, 1.807) is 21.0 Å². The van der Waals surface area contributed by atoms with E-state index in [-0.39, 0.29) is 42.5 Å². The summed E-state index contributed by atoms with van der Waals surface area (Å²) in [5.41, 5.74) is 0.323. The molecule has 8 heteroatoms. The molecule has 2 N–H and O–H groups in total. The number of nitrogens with one attached hydrogen (secondary N) is 2. The molecule has 0 saturated carbocycles. The Hall–Kier alpha value is -1.45. The fourth-order valence-corrected chi connectivity index (χ4v) is 1.83. The van der Waals surface area contributed by atoms with Crippen LogP contribution in [0.3, 0.4) is 0 Å². The minimum atomic E-state index is -0.627. The fraction of sp³-hybridized carbons (Fsp3) is 0.500. The summed E-state index contributed by atoms with van der Waals surface area (Å²) < 4.78 is 26.8. The number of halogens is 3. The van der Waals surface area contributed by atoms with Crippen molar-refractivity contribution in [3.63, 3.8) is 0 Å². The zero-order valence-electron chi connectivity index (χ0n) is 14.6. The highest BCUT2D eigenvalue weighted by atomic mass is 127. The van der Waals surface area contributed by atoms with Gasteiger partial charge in [0.25, 0.3) is 0 Å². The molecular formula is C16H25F2IN4O. The Kier molecular flexibility index (Phi) is 9.79. The van der Waals surface area contributed by atoms with E-state index in [4.69, 9.17) is 0 Å².